The maximum atomic E-state index is 12.6. The number of rotatable bonds is 2. The van der Waals surface area contributed by atoms with Crippen molar-refractivity contribution in [1.29, 1.82) is 0 Å². The van der Waals surface area contributed by atoms with Crippen LogP contribution in [0.4, 0.5) is 0 Å². The Labute approximate surface area is 139 Å². The summed E-state index contributed by atoms with van der Waals surface area (Å²) in [5.41, 5.74) is 4.80. The van der Waals surface area contributed by atoms with Crippen molar-refractivity contribution in [2.24, 2.45) is 0 Å². The van der Waals surface area contributed by atoms with E-state index in [4.69, 9.17) is 0 Å². The lowest BCUT2D eigenvalue weighted by atomic mass is 10.0. The van der Waals surface area contributed by atoms with Gasteiger partial charge in [0.15, 0.2) is 0 Å². The van der Waals surface area contributed by atoms with Crippen LogP contribution in [0.2, 0.25) is 0 Å². The number of fused-ring (bicyclic) bond motifs is 1. The minimum Gasteiger partial charge on any atom is -0.337 e. The van der Waals surface area contributed by atoms with Crippen LogP contribution in [0, 0.1) is 0 Å². The predicted molar refractivity (Wildman–Crippen MR) is 89.4 cm³/mol. The first-order valence-corrected chi connectivity index (χ1v) is 8.00. The van der Waals surface area contributed by atoms with Gasteiger partial charge in [-0.25, -0.2) is 4.98 Å². The fraction of sp³-hybridized carbons (Fsp3) is 0.222. The van der Waals surface area contributed by atoms with E-state index in [0.717, 1.165) is 29.8 Å². The number of nitrogens with zero attached hydrogens (tertiary/aromatic N) is 4. The molecule has 0 bridgehead atoms. The molecule has 0 aliphatic carbocycles. The zero-order valence-electron chi connectivity index (χ0n) is 13.1. The van der Waals surface area contributed by atoms with Gasteiger partial charge in [0, 0.05) is 48.7 Å². The Morgan fingerprint density at radius 1 is 1.08 bits per heavy atom. The van der Waals surface area contributed by atoms with Gasteiger partial charge in [-0.15, -0.1) is 0 Å². The number of nitrogens with one attached hydrogen (secondary N) is 1. The first-order chi connectivity index (χ1) is 11.8. The molecule has 24 heavy (non-hydrogen) atoms. The molecule has 2 aromatic heterocycles. The highest BCUT2D eigenvalue weighted by atomic mass is 16.2. The van der Waals surface area contributed by atoms with Crippen molar-refractivity contribution in [2.45, 2.75) is 12.8 Å². The quantitative estimate of drug-likeness (QED) is 0.785. The molecule has 0 atom stereocenters. The van der Waals surface area contributed by atoms with Gasteiger partial charge in [0.25, 0.3) is 5.91 Å². The van der Waals surface area contributed by atoms with Gasteiger partial charge in [0.1, 0.15) is 5.69 Å². The maximum absolute atomic E-state index is 12.6. The summed E-state index contributed by atoms with van der Waals surface area (Å²) >= 11 is 0. The third-order valence-corrected chi connectivity index (χ3v) is 4.33. The summed E-state index contributed by atoms with van der Waals surface area (Å²) in [4.78, 5) is 22.5. The number of carbonyl (C=O) groups excluding carboxylic acids is 1. The lowest BCUT2D eigenvalue weighted by Gasteiger charge is -2.19. The lowest BCUT2D eigenvalue weighted by molar-refractivity contribution is 0.0756. The van der Waals surface area contributed by atoms with Crippen molar-refractivity contribution < 1.29 is 4.79 Å². The van der Waals surface area contributed by atoms with Crippen LogP contribution in [-0.2, 0) is 12.8 Å². The molecular formula is C18H17N5O. The summed E-state index contributed by atoms with van der Waals surface area (Å²) in [6.45, 7) is 1.31. The molecule has 120 valence electrons. The van der Waals surface area contributed by atoms with Gasteiger partial charge in [-0.3, -0.25) is 14.9 Å². The van der Waals surface area contributed by atoms with Crippen LogP contribution in [0.5, 0.6) is 0 Å². The average molecular weight is 319 g/mol. The summed E-state index contributed by atoms with van der Waals surface area (Å²) in [6.07, 6.45) is 6.18. The number of aromatic amines is 1. The van der Waals surface area contributed by atoms with Crippen LogP contribution in [0.1, 0.15) is 21.7 Å². The Morgan fingerprint density at radius 3 is 2.71 bits per heavy atom. The molecule has 1 aliphatic rings. The van der Waals surface area contributed by atoms with E-state index in [1.54, 1.807) is 12.4 Å². The fourth-order valence-corrected chi connectivity index (χ4v) is 3.09. The molecule has 3 aromatic rings. The van der Waals surface area contributed by atoms with Crippen LogP contribution in [0.15, 0.2) is 48.9 Å². The molecule has 0 fully saturated rings. The Hall–Kier alpha value is -3.02. The zero-order valence-corrected chi connectivity index (χ0v) is 13.1. The third-order valence-electron chi connectivity index (χ3n) is 4.33. The highest BCUT2D eigenvalue weighted by molar-refractivity contribution is 5.92. The molecule has 1 aliphatic heterocycles. The summed E-state index contributed by atoms with van der Waals surface area (Å²) in [5.74, 6) is -0.0672. The monoisotopic (exact) mass is 319 g/mol. The summed E-state index contributed by atoms with van der Waals surface area (Å²) in [5, 5.41) is 7.64. The molecule has 0 saturated carbocycles. The number of H-pyrrole nitrogens is 1. The SMILES string of the molecule is O=C(c1cnccn1)N1CCc2[nH]nc(-c3ccccc3)c2CC1. The van der Waals surface area contributed by atoms with E-state index in [1.807, 2.05) is 23.1 Å². The highest BCUT2D eigenvalue weighted by Crippen LogP contribution is 2.26. The van der Waals surface area contributed by atoms with Crippen molar-refractivity contribution in [3.63, 3.8) is 0 Å². The number of carbonyl (C=O) groups is 1. The normalized spacial score (nSPS) is 14.1. The Balaban J connectivity index is 1.57. The molecule has 0 spiro atoms. The summed E-state index contributed by atoms with van der Waals surface area (Å²) in [7, 11) is 0. The second-order valence-corrected chi connectivity index (χ2v) is 5.78. The topological polar surface area (TPSA) is 74.8 Å². The molecule has 0 unspecified atom stereocenters. The second-order valence-electron chi connectivity index (χ2n) is 5.78. The number of hydrogen-bond donors (Lipinski definition) is 1. The maximum Gasteiger partial charge on any atom is 0.274 e. The summed E-state index contributed by atoms with van der Waals surface area (Å²) < 4.78 is 0. The van der Waals surface area contributed by atoms with Crippen LogP contribution >= 0.6 is 0 Å². The molecular weight excluding hydrogens is 302 g/mol. The highest BCUT2D eigenvalue weighted by Gasteiger charge is 2.24. The van der Waals surface area contributed by atoms with Crippen LogP contribution in [0.3, 0.4) is 0 Å². The number of amides is 1. The van der Waals surface area contributed by atoms with Crippen molar-refractivity contribution in [1.82, 2.24) is 25.1 Å². The average Bonchev–Trinajstić information content (AvgIpc) is 2.94. The lowest BCUT2D eigenvalue weighted by Crippen LogP contribution is -2.34. The molecule has 0 saturated heterocycles. The number of hydrogen-bond acceptors (Lipinski definition) is 4. The largest absolute Gasteiger partial charge is 0.337 e. The molecule has 4 rings (SSSR count). The molecule has 3 heterocycles. The van der Waals surface area contributed by atoms with Crippen LogP contribution in [0.25, 0.3) is 11.3 Å². The fourth-order valence-electron chi connectivity index (χ4n) is 3.09. The number of aromatic nitrogens is 4. The van der Waals surface area contributed by atoms with Gasteiger partial charge in [-0.05, 0) is 6.42 Å². The van der Waals surface area contributed by atoms with Gasteiger partial charge in [0.05, 0.1) is 11.9 Å². The van der Waals surface area contributed by atoms with Gasteiger partial charge < -0.3 is 4.90 Å². The molecule has 1 amide bonds. The zero-order chi connectivity index (χ0) is 16.4. The molecule has 1 aromatic carbocycles. The van der Waals surface area contributed by atoms with E-state index in [-0.39, 0.29) is 5.91 Å². The van der Waals surface area contributed by atoms with Crippen molar-refractivity contribution >= 4 is 5.91 Å². The first-order valence-electron chi connectivity index (χ1n) is 8.00. The smallest absolute Gasteiger partial charge is 0.274 e. The standard InChI is InChI=1S/C18H17N5O/c24-18(16-12-19-8-9-20-16)23-10-6-14-15(7-11-23)21-22-17(14)13-4-2-1-3-5-13/h1-5,8-9,12H,6-7,10-11H2,(H,21,22). The van der Waals surface area contributed by atoms with Crippen molar-refractivity contribution in [2.75, 3.05) is 13.1 Å². The van der Waals surface area contributed by atoms with Crippen molar-refractivity contribution in [3.05, 3.63) is 65.9 Å². The third kappa shape index (κ3) is 2.67. The second kappa shape index (κ2) is 6.23. The van der Waals surface area contributed by atoms with Gasteiger partial charge in [-0.1, -0.05) is 30.3 Å². The van der Waals surface area contributed by atoms with E-state index in [0.29, 0.717) is 18.8 Å². The minimum absolute atomic E-state index is 0.0672. The molecule has 6 nitrogen and oxygen atoms in total. The van der Waals surface area contributed by atoms with Crippen molar-refractivity contribution in [3.8, 4) is 11.3 Å². The van der Waals surface area contributed by atoms with E-state index in [2.05, 4.69) is 32.3 Å². The van der Waals surface area contributed by atoms with Crippen LogP contribution in [-0.4, -0.2) is 44.1 Å². The molecule has 1 N–H and O–H groups in total. The van der Waals surface area contributed by atoms with E-state index in [1.165, 1.54) is 11.8 Å². The van der Waals surface area contributed by atoms with E-state index in [9.17, 15) is 4.79 Å². The number of benzene rings is 1. The van der Waals surface area contributed by atoms with E-state index < -0.39 is 0 Å². The minimum atomic E-state index is -0.0672. The summed E-state index contributed by atoms with van der Waals surface area (Å²) in [6, 6.07) is 10.1. The molecule has 6 heteroatoms. The van der Waals surface area contributed by atoms with Crippen LogP contribution < -0.4 is 0 Å². The predicted octanol–water partition coefficient (Wildman–Crippen LogP) is 2.11. The van der Waals surface area contributed by atoms with E-state index >= 15 is 0 Å². The molecule has 0 radical (unpaired) electrons. The Bertz CT molecular complexity index is 844. The van der Waals surface area contributed by atoms with Gasteiger partial charge in [0.2, 0.25) is 0 Å². The first kappa shape index (κ1) is 14.6. The Kier molecular flexibility index (Phi) is 3.78. The van der Waals surface area contributed by atoms with Gasteiger partial charge in [-0.2, -0.15) is 5.10 Å². The Morgan fingerprint density at radius 2 is 1.92 bits per heavy atom. The van der Waals surface area contributed by atoms with Gasteiger partial charge >= 0.3 is 0 Å².